The number of rotatable bonds is 8. The Morgan fingerprint density at radius 3 is 2.28 bits per heavy atom. The number of amides is 1. The third-order valence-electron chi connectivity index (χ3n) is 3.43. The van der Waals surface area contributed by atoms with Crippen molar-refractivity contribution in [1.29, 1.82) is 0 Å². The van der Waals surface area contributed by atoms with Gasteiger partial charge in [-0.05, 0) is 55.0 Å². The molecule has 0 aliphatic rings. The predicted octanol–water partition coefficient (Wildman–Crippen LogP) is 3.83. The second-order valence-corrected chi connectivity index (χ2v) is 5.48. The van der Waals surface area contributed by atoms with Crippen molar-refractivity contribution in [3.8, 4) is 0 Å². The first-order valence-corrected chi connectivity index (χ1v) is 8.15. The standard InChI is InChI=1S/C19H21FN2O3/c1-2-3-12-25-19(24)14-4-8-16(9-5-14)21-13-18(23)22-17-10-6-15(20)7-11-17/h4-11,21H,2-3,12-13H2,1H3,(H,22,23). The number of hydrogen-bond donors (Lipinski definition) is 2. The van der Waals surface area contributed by atoms with Crippen LogP contribution in [-0.2, 0) is 9.53 Å². The molecule has 1 amide bonds. The van der Waals surface area contributed by atoms with Crippen LogP contribution < -0.4 is 10.6 Å². The molecule has 2 rings (SSSR count). The van der Waals surface area contributed by atoms with E-state index in [1.54, 1.807) is 24.3 Å². The van der Waals surface area contributed by atoms with E-state index in [-0.39, 0.29) is 24.2 Å². The number of esters is 1. The number of ether oxygens (including phenoxy) is 1. The van der Waals surface area contributed by atoms with Gasteiger partial charge in [0.15, 0.2) is 0 Å². The predicted molar refractivity (Wildman–Crippen MR) is 95.2 cm³/mol. The molecule has 0 unspecified atom stereocenters. The lowest BCUT2D eigenvalue weighted by molar-refractivity contribution is -0.114. The van der Waals surface area contributed by atoms with Crippen LogP contribution in [0.25, 0.3) is 0 Å². The van der Waals surface area contributed by atoms with Gasteiger partial charge in [0.05, 0.1) is 18.7 Å². The summed E-state index contributed by atoms with van der Waals surface area (Å²) in [7, 11) is 0. The summed E-state index contributed by atoms with van der Waals surface area (Å²) in [6.07, 6.45) is 1.81. The van der Waals surface area contributed by atoms with E-state index in [0.29, 0.717) is 23.5 Å². The zero-order chi connectivity index (χ0) is 18.1. The zero-order valence-corrected chi connectivity index (χ0v) is 14.0. The molecule has 0 radical (unpaired) electrons. The number of carbonyl (C=O) groups is 2. The van der Waals surface area contributed by atoms with Crippen LogP contribution in [0.2, 0.25) is 0 Å². The molecule has 0 saturated carbocycles. The van der Waals surface area contributed by atoms with Crippen molar-refractivity contribution in [3.63, 3.8) is 0 Å². The van der Waals surface area contributed by atoms with Crippen LogP contribution in [0.3, 0.4) is 0 Å². The normalized spacial score (nSPS) is 10.2. The molecule has 0 heterocycles. The van der Waals surface area contributed by atoms with Crippen molar-refractivity contribution in [2.75, 3.05) is 23.8 Å². The number of hydrogen-bond acceptors (Lipinski definition) is 4. The number of benzene rings is 2. The first-order chi connectivity index (χ1) is 12.1. The largest absolute Gasteiger partial charge is 0.462 e. The molecule has 132 valence electrons. The molecule has 5 nitrogen and oxygen atoms in total. The van der Waals surface area contributed by atoms with Gasteiger partial charge in [0.1, 0.15) is 5.82 Å². The maximum atomic E-state index is 12.8. The zero-order valence-electron chi connectivity index (χ0n) is 14.0. The average Bonchev–Trinajstić information content (AvgIpc) is 2.62. The number of carbonyl (C=O) groups excluding carboxylic acids is 2. The van der Waals surface area contributed by atoms with Crippen LogP contribution in [0, 0.1) is 5.82 Å². The van der Waals surface area contributed by atoms with Crippen molar-refractivity contribution in [2.24, 2.45) is 0 Å². The van der Waals surface area contributed by atoms with Crippen molar-refractivity contribution in [2.45, 2.75) is 19.8 Å². The van der Waals surface area contributed by atoms with Crippen molar-refractivity contribution < 1.29 is 18.7 Å². The third-order valence-corrected chi connectivity index (χ3v) is 3.43. The van der Waals surface area contributed by atoms with Crippen LogP contribution in [0.5, 0.6) is 0 Å². The Balaban J connectivity index is 1.79. The lowest BCUT2D eigenvalue weighted by Crippen LogP contribution is -2.21. The Morgan fingerprint density at radius 2 is 1.64 bits per heavy atom. The van der Waals surface area contributed by atoms with Gasteiger partial charge in [-0.1, -0.05) is 13.3 Å². The fraction of sp³-hybridized carbons (Fsp3) is 0.263. The Labute approximate surface area is 146 Å². The van der Waals surface area contributed by atoms with Gasteiger partial charge in [-0.15, -0.1) is 0 Å². The maximum absolute atomic E-state index is 12.8. The van der Waals surface area contributed by atoms with Crippen LogP contribution in [0.4, 0.5) is 15.8 Å². The van der Waals surface area contributed by atoms with Gasteiger partial charge in [-0.25, -0.2) is 9.18 Å². The smallest absolute Gasteiger partial charge is 0.338 e. The number of anilines is 2. The van der Waals surface area contributed by atoms with Crippen LogP contribution >= 0.6 is 0 Å². The van der Waals surface area contributed by atoms with Gasteiger partial charge in [0.25, 0.3) is 0 Å². The summed E-state index contributed by atoms with van der Waals surface area (Å²) in [5, 5.41) is 5.61. The lowest BCUT2D eigenvalue weighted by Gasteiger charge is -2.09. The van der Waals surface area contributed by atoms with Crippen molar-refractivity contribution in [3.05, 3.63) is 59.9 Å². The summed E-state index contributed by atoms with van der Waals surface area (Å²) in [4.78, 5) is 23.6. The molecule has 0 fully saturated rings. The molecule has 2 N–H and O–H groups in total. The van der Waals surface area contributed by atoms with Gasteiger partial charge < -0.3 is 15.4 Å². The summed E-state index contributed by atoms with van der Waals surface area (Å²) < 4.78 is 17.9. The Kier molecular flexibility index (Phi) is 6.95. The number of halogens is 1. The van der Waals surface area contributed by atoms with E-state index in [1.807, 2.05) is 6.92 Å². The molecular weight excluding hydrogens is 323 g/mol. The van der Waals surface area contributed by atoms with Gasteiger partial charge in [-0.3, -0.25) is 4.79 Å². The first kappa shape index (κ1) is 18.4. The summed E-state index contributed by atoms with van der Waals surface area (Å²) in [6, 6.07) is 12.3. The first-order valence-electron chi connectivity index (χ1n) is 8.15. The molecule has 6 heteroatoms. The monoisotopic (exact) mass is 344 g/mol. The van der Waals surface area contributed by atoms with E-state index in [0.717, 1.165) is 12.8 Å². The topological polar surface area (TPSA) is 67.4 Å². The minimum Gasteiger partial charge on any atom is -0.462 e. The third kappa shape index (κ3) is 6.25. The average molecular weight is 344 g/mol. The molecule has 2 aromatic carbocycles. The second kappa shape index (κ2) is 9.42. The van der Waals surface area contributed by atoms with E-state index in [1.165, 1.54) is 24.3 Å². The molecule has 0 aromatic heterocycles. The highest BCUT2D eigenvalue weighted by Crippen LogP contribution is 2.11. The van der Waals surface area contributed by atoms with E-state index in [4.69, 9.17) is 4.74 Å². The quantitative estimate of drug-likeness (QED) is 0.564. The highest BCUT2D eigenvalue weighted by molar-refractivity contribution is 5.94. The number of unbranched alkanes of at least 4 members (excludes halogenated alkanes) is 1. The summed E-state index contributed by atoms with van der Waals surface area (Å²) in [5.41, 5.74) is 1.70. The van der Waals surface area contributed by atoms with E-state index >= 15 is 0 Å². The number of nitrogens with one attached hydrogen (secondary N) is 2. The maximum Gasteiger partial charge on any atom is 0.338 e. The molecular formula is C19H21FN2O3. The molecule has 2 aromatic rings. The highest BCUT2D eigenvalue weighted by atomic mass is 19.1. The second-order valence-electron chi connectivity index (χ2n) is 5.48. The summed E-state index contributed by atoms with van der Waals surface area (Å²) >= 11 is 0. The van der Waals surface area contributed by atoms with Gasteiger partial charge in [-0.2, -0.15) is 0 Å². The van der Waals surface area contributed by atoms with Crippen LogP contribution in [0.1, 0.15) is 30.1 Å². The van der Waals surface area contributed by atoms with Crippen molar-refractivity contribution in [1.82, 2.24) is 0 Å². The highest BCUT2D eigenvalue weighted by Gasteiger charge is 2.07. The summed E-state index contributed by atoms with van der Waals surface area (Å²) in [6.45, 7) is 2.50. The van der Waals surface area contributed by atoms with Gasteiger partial charge >= 0.3 is 5.97 Å². The fourth-order valence-corrected chi connectivity index (χ4v) is 2.04. The minimum atomic E-state index is -0.357. The molecule has 25 heavy (non-hydrogen) atoms. The molecule has 0 aliphatic heterocycles. The van der Waals surface area contributed by atoms with Gasteiger partial charge in [0.2, 0.25) is 5.91 Å². The Morgan fingerprint density at radius 1 is 1.00 bits per heavy atom. The van der Waals surface area contributed by atoms with E-state index in [9.17, 15) is 14.0 Å². The summed E-state index contributed by atoms with van der Waals surface area (Å²) in [5.74, 6) is -0.965. The minimum absolute atomic E-state index is 0.0532. The lowest BCUT2D eigenvalue weighted by atomic mass is 10.2. The van der Waals surface area contributed by atoms with Gasteiger partial charge in [0, 0.05) is 11.4 Å². The Bertz CT molecular complexity index is 700. The van der Waals surface area contributed by atoms with E-state index < -0.39 is 0 Å². The fourth-order valence-electron chi connectivity index (χ4n) is 2.04. The molecule has 0 aliphatic carbocycles. The molecule has 0 atom stereocenters. The molecule has 0 saturated heterocycles. The van der Waals surface area contributed by atoms with E-state index in [2.05, 4.69) is 10.6 Å². The SMILES string of the molecule is CCCCOC(=O)c1ccc(NCC(=O)Nc2ccc(F)cc2)cc1. The van der Waals surface area contributed by atoms with Crippen LogP contribution in [0.15, 0.2) is 48.5 Å². The molecule has 0 bridgehead atoms. The molecule has 0 spiro atoms. The van der Waals surface area contributed by atoms with Crippen molar-refractivity contribution >= 4 is 23.3 Å². The van der Waals surface area contributed by atoms with Crippen LogP contribution in [-0.4, -0.2) is 25.0 Å². The Hall–Kier alpha value is -2.89.